The summed E-state index contributed by atoms with van der Waals surface area (Å²) in [7, 11) is 1.39. The second kappa shape index (κ2) is 4.72. The van der Waals surface area contributed by atoms with Gasteiger partial charge in [0, 0.05) is 12.2 Å². The van der Waals surface area contributed by atoms with E-state index in [1.165, 1.54) is 7.11 Å². The van der Waals surface area contributed by atoms with Crippen LogP contribution >= 0.6 is 11.8 Å². The highest BCUT2D eigenvalue weighted by Crippen LogP contribution is 2.27. The van der Waals surface area contributed by atoms with Crippen LogP contribution in [-0.2, 0) is 9.53 Å². The highest BCUT2D eigenvalue weighted by atomic mass is 32.2. The summed E-state index contributed by atoms with van der Waals surface area (Å²) >= 11 is 1.75. The molecule has 0 unspecified atom stereocenters. The van der Waals surface area contributed by atoms with E-state index in [2.05, 4.69) is 4.74 Å². The molecule has 0 aromatic carbocycles. The second-order valence-corrected chi connectivity index (χ2v) is 4.05. The van der Waals surface area contributed by atoms with Crippen molar-refractivity contribution in [1.29, 1.82) is 0 Å². The maximum atomic E-state index is 10.8. The number of esters is 1. The summed E-state index contributed by atoms with van der Waals surface area (Å²) in [5, 5.41) is 9.40. The molecule has 0 saturated carbocycles. The molecule has 0 amide bonds. The van der Waals surface area contributed by atoms with Gasteiger partial charge in [-0.25, -0.2) is 0 Å². The Kier molecular flexibility index (Phi) is 3.88. The van der Waals surface area contributed by atoms with E-state index >= 15 is 0 Å². The summed E-state index contributed by atoms with van der Waals surface area (Å²) in [5.41, 5.74) is 0. The third-order valence-electron chi connectivity index (χ3n) is 2.11. The van der Waals surface area contributed by atoms with Crippen molar-refractivity contribution in [3.63, 3.8) is 0 Å². The van der Waals surface area contributed by atoms with Gasteiger partial charge in [0.05, 0.1) is 13.2 Å². The Morgan fingerprint density at radius 1 is 1.67 bits per heavy atom. The van der Waals surface area contributed by atoms with Crippen molar-refractivity contribution in [3.05, 3.63) is 0 Å². The third-order valence-corrected chi connectivity index (χ3v) is 3.35. The smallest absolute Gasteiger partial charge is 0.305 e. The van der Waals surface area contributed by atoms with Crippen molar-refractivity contribution in [3.8, 4) is 0 Å². The van der Waals surface area contributed by atoms with Crippen LogP contribution in [0.15, 0.2) is 0 Å². The number of carbonyl (C=O) groups excluding carboxylic acids is 1. The number of carbonyl (C=O) groups is 1. The van der Waals surface area contributed by atoms with Gasteiger partial charge < -0.3 is 9.84 Å². The molecular weight excluding hydrogens is 176 g/mol. The summed E-state index contributed by atoms with van der Waals surface area (Å²) in [6.45, 7) is 0. The molecule has 3 nitrogen and oxygen atoms in total. The largest absolute Gasteiger partial charge is 0.469 e. The first kappa shape index (κ1) is 9.86. The molecule has 1 rings (SSSR count). The molecule has 0 aromatic heterocycles. The van der Waals surface area contributed by atoms with Gasteiger partial charge in [-0.3, -0.25) is 4.79 Å². The number of ether oxygens (including phenoxy) is 1. The van der Waals surface area contributed by atoms with E-state index in [0.717, 1.165) is 17.9 Å². The highest BCUT2D eigenvalue weighted by Gasteiger charge is 2.25. The molecule has 0 spiro atoms. The molecule has 1 saturated heterocycles. The SMILES string of the molecule is COC(=O)CC[C@H]1CSC[C@H]1O. The Bertz CT molecular complexity index is 160. The van der Waals surface area contributed by atoms with Crippen molar-refractivity contribution in [1.82, 2.24) is 0 Å². The Balaban J connectivity index is 2.18. The molecule has 1 aliphatic heterocycles. The minimum Gasteiger partial charge on any atom is -0.469 e. The monoisotopic (exact) mass is 190 g/mol. The van der Waals surface area contributed by atoms with Gasteiger partial charge in [-0.1, -0.05) is 0 Å². The summed E-state index contributed by atoms with van der Waals surface area (Å²) in [6, 6.07) is 0. The molecular formula is C8H14O3S. The van der Waals surface area contributed by atoms with Crippen molar-refractivity contribution in [2.75, 3.05) is 18.6 Å². The summed E-state index contributed by atoms with van der Waals surface area (Å²) in [4.78, 5) is 10.8. The summed E-state index contributed by atoms with van der Waals surface area (Å²) in [6.07, 6.45) is 0.958. The standard InChI is InChI=1S/C8H14O3S/c1-11-8(10)3-2-6-4-12-5-7(6)9/h6-7,9H,2-5H2,1H3/t6-,7+/m0/s1. The lowest BCUT2D eigenvalue weighted by molar-refractivity contribution is -0.141. The molecule has 1 N–H and O–H groups in total. The van der Waals surface area contributed by atoms with Crippen molar-refractivity contribution >= 4 is 17.7 Å². The van der Waals surface area contributed by atoms with Gasteiger partial charge in [-0.15, -0.1) is 0 Å². The number of hydrogen-bond acceptors (Lipinski definition) is 4. The fraction of sp³-hybridized carbons (Fsp3) is 0.875. The van der Waals surface area contributed by atoms with E-state index in [1.54, 1.807) is 11.8 Å². The number of thioether (sulfide) groups is 1. The lowest BCUT2D eigenvalue weighted by Gasteiger charge is -2.11. The Morgan fingerprint density at radius 2 is 2.42 bits per heavy atom. The van der Waals surface area contributed by atoms with E-state index in [9.17, 15) is 9.90 Å². The topological polar surface area (TPSA) is 46.5 Å². The van der Waals surface area contributed by atoms with Crippen molar-refractivity contribution < 1.29 is 14.6 Å². The molecule has 12 heavy (non-hydrogen) atoms. The van der Waals surface area contributed by atoms with Crippen molar-refractivity contribution in [2.24, 2.45) is 5.92 Å². The maximum absolute atomic E-state index is 10.8. The van der Waals surface area contributed by atoms with E-state index in [4.69, 9.17) is 0 Å². The second-order valence-electron chi connectivity index (χ2n) is 2.98. The average Bonchev–Trinajstić information content (AvgIpc) is 2.47. The van der Waals surface area contributed by atoms with Gasteiger partial charge in [-0.2, -0.15) is 11.8 Å². The van der Waals surface area contributed by atoms with Crippen LogP contribution in [-0.4, -0.2) is 35.8 Å². The molecule has 70 valence electrons. The Morgan fingerprint density at radius 3 is 2.92 bits per heavy atom. The molecule has 1 aliphatic rings. The van der Waals surface area contributed by atoms with Crippen LogP contribution in [0.3, 0.4) is 0 Å². The van der Waals surface area contributed by atoms with Gasteiger partial charge in [0.1, 0.15) is 0 Å². The number of aliphatic hydroxyl groups excluding tert-OH is 1. The minimum atomic E-state index is -0.223. The predicted molar refractivity (Wildman–Crippen MR) is 48.1 cm³/mol. The molecule has 0 bridgehead atoms. The average molecular weight is 190 g/mol. The van der Waals surface area contributed by atoms with Crippen LogP contribution in [0.4, 0.5) is 0 Å². The minimum absolute atomic E-state index is 0.181. The Labute approximate surface area is 76.5 Å². The molecule has 1 fully saturated rings. The number of aliphatic hydroxyl groups is 1. The molecule has 4 heteroatoms. The van der Waals surface area contributed by atoms with Crippen molar-refractivity contribution in [2.45, 2.75) is 18.9 Å². The van der Waals surface area contributed by atoms with Gasteiger partial charge in [0.2, 0.25) is 0 Å². The van der Waals surface area contributed by atoms with Gasteiger partial charge >= 0.3 is 5.97 Å². The van der Waals surface area contributed by atoms with Gasteiger partial charge in [0.25, 0.3) is 0 Å². The van der Waals surface area contributed by atoms with E-state index in [0.29, 0.717) is 6.42 Å². The van der Waals surface area contributed by atoms with Gasteiger partial charge in [-0.05, 0) is 18.1 Å². The molecule has 0 aliphatic carbocycles. The first-order chi connectivity index (χ1) is 5.74. The van der Waals surface area contributed by atoms with Gasteiger partial charge in [0.15, 0.2) is 0 Å². The zero-order valence-electron chi connectivity index (χ0n) is 7.16. The van der Waals surface area contributed by atoms with Crippen LogP contribution in [0, 0.1) is 5.92 Å². The molecule has 0 radical (unpaired) electrons. The first-order valence-electron chi connectivity index (χ1n) is 4.06. The zero-order valence-corrected chi connectivity index (χ0v) is 7.97. The molecule has 2 atom stereocenters. The van der Waals surface area contributed by atoms with Crippen LogP contribution in [0.25, 0.3) is 0 Å². The number of methoxy groups -OCH3 is 1. The van der Waals surface area contributed by atoms with E-state index < -0.39 is 0 Å². The first-order valence-corrected chi connectivity index (χ1v) is 5.22. The quantitative estimate of drug-likeness (QED) is 0.664. The van der Waals surface area contributed by atoms with E-state index in [1.807, 2.05) is 0 Å². The number of hydrogen-bond donors (Lipinski definition) is 1. The molecule has 0 aromatic rings. The van der Waals surface area contributed by atoms with Crippen LogP contribution in [0.1, 0.15) is 12.8 Å². The van der Waals surface area contributed by atoms with Crippen LogP contribution < -0.4 is 0 Å². The summed E-state index contributed by atoms with van der Waals surface area (Å²) in [5.74, 6) is 1.89. The lowest BCUT2D eigenvalue weighted by atomic mass is 10.0. The fourth-order valence-electron chi connectivity index (χ4n) is 1.27. The molecule has 1 heterocycles. The fourth-order valence-corrected chi connectivity index (χ4v) is 2.61. The normalized spacial score (nSPS) is 28.8. The zero-order chi connectivity index (χ0) is 8.97. The van der Waals surface area contributed by atoms with E-state index in [-0.39, 0.29) is 18.0 Å². The Hall–Kier alpha value is -0.220. The predicted octanol–water partition coefficient (Wildman–Crippen LogP) is 0.663. The maximum Gasteiger partial charge on any atom is 0.305 e. The highest BCUT2D eigenvalue weighted by molar-refractivity contribution is 7.99. The van der Waals surface area contributed by atoms with Crippen LogP contribution in [0.5, 0.6) is 0 Å². The third kappa shape index (κ3) is 2.68. The lowest BCUT2D eigenvalue weighted by Crippen LogP contribution is -2.18. The number of rotatable bonds is 3. The summed E-state index contributed by atoms with van der Waals surface area (Å²) < 4.78 is 4.52. The van der Waals surface area contributed by atoms with Crippen LogP contribution in [0.2, 0.25) is 0 Å².